The monoisotopic (exact) mass is 300 g/mol. The van der Waals surface area contributed by atoms with E-state index in [1.165, 1.54) is 19.2 Å². The smallest absolute Gasteiger partial charge is 0.150 e. The molecule has 6 fully saturated rings. The highest BCUT2D eigenvalue weighted by atomic mass is 16.5. The molecule has 4 atom stereocenters. The standard InChI is InChI=1S/C20H33BO/c1-13-17-7-15(8-17)11-19(13)21(5-4-6-22-3)20-12-16-9-18(10-16)14(20)2/h4,6,13-20H,5,7-12H2,1-3H3/b6-4-/t13-,14-,15?,16?,17?,18?,19-,20-/m0/s1. The Kier molecular flexibility index (Phi) is 4.07. The van der Waals surface area contributed by atoms with Gasteiger partial charge in [-0.25, -0.2) is 0 Å². The number of hydrogen-bond donors (Lipinski definition) is 0. The van der Waals surface area contributed by atoms with E-state index in [-0.39, 0.29) is 0 Å². The van der Waals surface area contributed by atoms with Gasteiger partial charge in [0.25, 0.3) is 0 Å². The van der Waals surface area contributed by atoms with E-state index in [0.717, 1.165) is 53.9 Å². The van der Waals surface area contributed by atoms with E-state index >= 15 is 0 Å². The number of ether oxygens (including phenoxy) is 1. The van der Waals surface area contributed by atoms with E-state index in [1.54, 1.807) is 32.8 Å². The van der Waals surface area contributed by atoms with Crippen LogP contribution in [0.2, 0.25) is 18.0 Å². The molecule has 0 aromatic rings. The van der Waals surface area contributed by atoms with Gasteiger partial charge in [-0.2, -0.15) is 0 Å². The molecule has 1 nitrogen and oxygen atoms in total. The highest BCUT2D eigenvalue weighted by molar-refractivity contribution is 6.62. The van der Waals surface area contributed by atoms with Gasteiger partial charge in [-0.05, 0) is 61.2 Å². The number of rotatable bonds is 5. The Balaban J connectivity index is 1.51. The third-order valence-electron chi connectivity index (χ3n) is 8.33. The van der Waals surface area contributed by atoms with Crippen molar-refractivity contribution in [3.8, 4) is 0 Å². The van der Waals surface area contributed by atoms with Gasteiger partial charge in [-0.15, -0.1) is 0 Å². The third-order valence-corrected chi connectivity index (χ3v) is 8.33. The molecule has 0 spiro atoms. The fraction of sp³-hybridized carbons (Fsp3) is 0.900. The van der Waals surface area contributed by atoms with Crippen LogP contribution in [0.4, 0.5) is 0 Å². The number of methoxy groups -OCH3 is 1. The molecule has 2 heteroatoms. The Labute approximate surface area is 137 Å². The summed E-state index contributed by atoms with van der Waals surface area (Å²) in [6.45, 7) is 6.07. The van der Waals surface area contributed by atoms with Crippen LogP contribution in [0.25, 0.3) is 0 Å². The van der Waals surface area contributed by atoms with Gasteiger partial charge in [-0.3, -0.25) is 0 Å². The van der Waals surface area contributed by atoms with Crippen molar-refractivity contribution in [3.63, 3.8) is 0 Å². The average molecular weight is 300 g/mol. The highest BCUT2D eigenvalue weighted by Gasteiger charge is 2.52. The van der Waals surface area contributed by atoms with Crippen molar-refractivity contribution in [1.82, 2.24) is 0 Å². The Morgan fingerprint density at radius 2 is 1.36 bits per heavy atom. The second-order valence-corrected chi connectivity index (χ2v) is 9.22. The summed E-state index contributed by atoms with van der Waals surface area (Å²) in [5, 5.41) is 0. The van der Waals surface area contributed by atoms with Crippen LogP contribution in [-0.4, -0.2) is 13.8 Å². The molecule has 6 aliphatic carbocycles. The largest absolute Gasteiger partial charge is 0.505 e. The SMILES string of the molecule is CO/C=C\CB([C@H]1CC2CC(C2)[C@@H]1C)[C@H]1CC2CC(C2)[C@@H]1C. The van der Waals surface area contributed by atoms with Crippen LogP contribution in [0, 0.1) is 35.5 Å². The molecule has 0 radical (unpaired) electrons. The second kappa shape index (κ2) is 5.91. The van der Waals surface area contributed by atoms with E-state index in [2.05, 4.69) is 19.9 Å². The minimum absolute atomic E-state index is 0.924. The van der Waals surface area contributed by atoms with Gasteiger partial charge in [0.2, 0.25) is 0 Å². The second-order valence-electron chi connectivity index (χ2n) is 9.22. The molecule has 22 heavy (non-hydrogen) atoms. The quantitative estimate of drug-likeness (QED) is 0.480. The summed E-state index contributed by atoms with van der Waals surface area (Å²) in [7, 11) is 1.78. The average Bonchev–Trinajstić information content (AvgIpc) is 2.42. The van der Waals surface area contributed by atoms with Gasteiger partial charge in [0, 0.05) is 0 Å². The number of hydrogen-bond acceptors (Lipinski definition) is 1. The van der Waals surface area contributed by atoms with Crippen molar-refractivity contribution >= 4 is 6.71 Å². The zero-order valence-electron chi connectivity index (χ0n) is 14.7. The lowest BCUT2D eigenvalue weighted by Crippen LogP contribution is -2.49. The van der Waals surface area contributed by atoms with E-state index in [4.69, 9.17) is 4.74 Å². The lowest BCUT2D eigenvalue weighted by Gasteiger charge is -2.57. The van der Waals surface area contributed by atoms with Crippen molar-refractivity contribution in [1.29, 1.82) is 0 Å². The van der Waals surface area contributed by atoms with Gasteiger partial charge >= 0.3 is 0 Å². The molecule has 6 aliphatic rings. The molecular weight excluding hydrogens is 267 g/mol. The first-order chi connectivity index (χ1) is 10.7. The van der Waals surface area contributed by atoms with Crippen LogP contribution in [0.1, 0.15) is 52.4 Å². The summed E-state index contributed by atoms with van der Waals surface area (Å²) in [6, 6.07) is 0. The Morgan fingerprint density at radius 3 is 1.77 bits per heavy atom. The van der Waals surface area contributed by atoms with Crippen LogP contribution >= 0.6 is 0 Å². The molecule has 0 N–H and O–H groups in total. The first-order valence-electron chi connectivity index (χ1n) is 9.85. The lowest BCUT2D eigenvalue weighted by atomic mass is 9.23. The van der Waals surface area contributed by atoms with Gasteiger partial charge in [0.15, 0.2) is 6.71 Å². The van der Waals surface area contributed by atoms with Crippen molar-refractivity contribution in [2.75, 3.05) is 7.11 Å². The van der Waals surface area contributed by atoms with Gasteiger partial charge in [0.05, 0.1) is 13.4 Å². The predicted octanol–water partition coefficient (Wildman–Crippen LogP) is 5.51. The first-order valence-corrected chi connectivity index (χ1v) is 9.85. The van der Waals surface area contributed by atoms with Gasteiger partial charge in [0.1, 0.15) is 0 Å². The zero-order valence-corrected chi connectivity index (χ0v) is 14.7. The maximum Gasteiger partial charge on any atom is 0.150 e. The minimum Gasteiger partial charge on any atom is -0.505 e. The predicted molar refractivity (Wildman–Crippen MR) is 94.2 cm³/mol. The maximum atomic E-state index is 5.20. The summed E-state index contributed by atoms with van der Waals surface area (Å²) in [5.74, 6) is 8.19. The molecule has 122 valence electrons. The van der Waals surface area contributed by atoms with Gasteiger partial charge < -0.3 is 4.74 Å². The van der Waals surface area contributed by atoms with E-state index in [9.17, 15) is 0 Å². The Morgan fingerprint density at radius 1 is 0.864 bits per heavy atom. The molecule has 0 aromatic carbocycles. The topological polar surface area (TPSA) is 9.23 Å². The maximum absolute atomic E-state index is 5.20. The molecule has 6 saturated carbocycles. The van der Waals surface area contributed by atoms with Crippen molar-refractivity contribution < 1.29 is 4.74 Å². The molecule has 4 bridgehead atoms. The summed E-state index contributed by atoms with van der Waals surface area (Å²) in [4.78, 5) is 0. The van der Waals surface area contributed by atoms with Crippen LogP contribution in [0.15, 0.2) is 12.3 Å². The molecule has 6 rings (SSSR count). The molecule has 0 aromatic heterocycles. The van der Waals surface area contributed by atoms with E-state index in [1.807, 2.05) is 6.26 Å². The fourth-order valence-electron chi connectivity index (χ4n) is 6.82. The normalized spacial score (nSPS) is 49.4. The number of allylic oxidation sites excluding steroid dienone is 1. The highest BCUT2D eigenvalue weighted by Crippen LogP contribution is 2.61. The number of fused-ring (bicyclic) bond motifs is 4. The molecule has 0 heterocycles. The molecule has 0 aliphatic heterocycles. The molecule has 0 unspecified atom stereocenters. The van der Waals surface area contributed by atoms with Crippen molar-refractivity contribution in [3.05, 3.63) is 12.3 Å². The molecular formula is C20H33BO. The van der Waals surface area contributed by atoms with Crippen molar-refractivity contribution in [2.45, 2.75) is 70.3 Å². The lowest BCUT2D eigenvalue weighted by molar-refractivity contribution is 0.0447. The summed E-state index contributed by atoms with van der Waals surface area (Å²) < 4.78 is 5.20. The summed E-state index contributed by atoms with van der Waals surface area (Å²) >= 11 is 0. The van der Waals surface area contributed by atoms with E-state index < -0.39 is 0 Å². The van der Waals surface area contributed by atoms with Gasteiger partial charge in [-0.1, -0.05) is 50.7 Å². The fourth-order valence-corrected chi connectivity index (χ4v) is 6.82. The van der Waals surface area contributed by atoms with E-state index in [0.29, 0.717) is 0 Å². The van der Waals surface area contributed by atoms with Crippen LogP contribution < -0.4 is 0 Å². The Hall–Kier alpha value is -0.395. The summed E-state index contributed by atoms with van der Waals surface area (Å²) in [5.41, 5.74) is 0. The van der Waals surface area contributed by atoms with Crippen LogP contribution in [-0.2, 0) is 4.74 Å². The van der Waals surface area contributed by atoms with Crippen molar-refractivity contribution in [2.24, 2.45) is 35.5 Å². The third kappa shape index (κ3) is 2.45. The van der Waals surface area contributed by atoms with Crippen LogP contribution in [0.3, 0.4) is 0 Å². The zero-order chi connectivity index (χ0) is 15.3. The van der Waals surface area contributed by atoms with Crippen LogP contribution in [0.5, 0.6) is 0 Å². The molecule has 0 saturated heterocycles. The summed E-state index contributed by atoms with van der Waals surface area (Å²) in [6.07, 6.45) is 14.8. The first kappa shape index (κ1) is 15.2. The Bertz CT molecular complexity index is 389. The molecule has 0 amide bonds. The minimum atomic E-state index is 0.924.